The van der Waals surface area contributed by atoms with Crippen molar-refractivity contribution >= 4 is 11.9 Å². The molecule has 19 heavy (non-hydrogen) atoms. The highest BCUT2D eigenvalue weighted by Gasteiger charge is 2.26. The molecule has 4 heteroatoms. The van der Waals surface area contributed by atoms with Gasteiger partial charge in [-0.15, -0.1) is 0 Å². The zero-order valence-electron chi connectivity index (χ0n) is 12.6. The maximum atomic E-state index is 12.1. The monoisotopic (exact) mass is 269 g/mol. The van der Waals surface area contributed by atoms with Crippen LogP contribution in [0.15, 0.2) is 0 Å². The highest BCUT2D eigenvalue weighted by Crippen LogP contribution is 2.23. The van der Waals surface area contributed by atoms with Crippen LogP contribution in [0, 0.1) is 5.92 Å². The predicted molar refractivity (Wildman–Crippen MR) is 74.6 cm³/mol. The van der Waals surface area contributed by atoms with Gasteiger partial charge in [-0.05, 0) is 40.5 Å². The molecule has 1 N–H and O–H groups in total. The van der Waals surface area contributed by atoms with E-state index in [0.717, 1.165) is 25.7 Å². The minimum atomic E-state index is -0.574. The smallest absolute Gasteiger partial charge is 0.328 e. The van der Waals surface area contributed by atoms with Crippen LogP contribution in [-0.2, 0) is 14.3 Å². The average molecular weight is 269 g/mol. The number of amides is 1. The summed E-state index contributed by atoms with van der Waals surface area (Å²) in [6, 6.07) is -0.574. The number of hydrogen-bond acceptors (Lipinski definition) is 3. The first-order valence-corrected chi connectivity index (χ1v) is 7.33. The molecule has 1 amide bonds. The van der Waals surface area contributed by atoms with Gasteiger partial charge in [0.1, 0.15) is 11.6 Å². The van der Waals surface area contributed by atoms with Crippen LogP contribution in [0.1, 0.15) is 66.2 Å². The van der Waals surface area contributed by atoms with E-state index in [1.54, 1.807) is 6.92 Å². The van der Waals surface area contributed by atoms with Crippen molar-refractivity contribution in [2.75, 3.05) is 0 Å². The summed E-state index contributed by atoms with van der Waals surface area (Å²) in [6.45, 7) is 7.16. The Labute approximate surface area is 116 Å². The minimum Gasteiger partial charge on any atom is -0.458 e. The molecule has 1 saturated carbocycles. The van der Waals surface area contributed by atoms with Crippen molar-refractivity contribution in [3.8, 4) is 0 Å². The number of esters is 1. The molecule has 1 aliphatic carbocycles. The van der Waals surface area contributed by atoms with Crippen molar-refractivity contribution in [2.24, 2.45) is 5.92 Å². The third-order valence-electron chi connectivity index (χ3n) is 3.35. The molecule has 0 saturated heterocycles. The SMILES string of the molecule is C[C@H](NC(=O)C1CCCCCC1)C(=O)OC(C)(C)C. The van der Waals surface area contributed by atoms with Crippen molar-refractivity contribution in [3.63, 3.8) is 0 Å². The van der Waals surface area contributed by atoms with Crippen molar-refractivity contribution in [2.45, 2.75) is 77.9 Å². The first kappa shape index (κ1) is 16.0. The second-order valence-corrected chi connectivity index (χ2v) is 6.45. The molecule has 0 radical (unpaired) electrons. The third-order valence-corrected chi connectivity index (χ3v) is 3.35. The lowest BCUT2D eigenvalue weighted by Gasteiger charge is -2.23. The molecule has 4 nitrogen and oxygen atoms in total. The van der Waals surface area contributed by atoms with Gasteiger partial charge >= 0.3 is 5.97 Å². The summed E-state index contributed by atoms with van der Waals surface area (Å²) in [5.41, 5.74) is -0.515. The van der Waals surface area contributed by atoms with Gasteiger partial charge in [0, 0.05) is 5.92 Å². The maximum absolute atomic E-state index is 12.1. The number of nitrogens with one attached hydrogen (secondary N) is 1. The van der Waals surface area contributed by atoms with Crippen LogP contribution in [0.4, 0.5) is 0 Å². The molecule has 1 aliphatic rings. The van der Waals surface area contributed by atoms with E-state index in [-0.39, 0.29) is 17.8 Å². The number of ether oxygens (including phenoxy) is 1. The molecule has 0 bridgehead atoms. The van der Waals surface area contributed by atoms with E-state index in [1.807, 2.05) is 20.8 Å². The fourth-order valence-corrected chi connectivity index (χ4v) is 2.32. The molecule has 1 rings (SSSR count). The summed E-state index contributed by atoms with van der Waals surface area (Å²) in [4.78, 5) is 23.9. The second-order valence-electron chi connectivity index (χ2n) is 6.45. The van der Waals surface area contributed by atoms with Crippen LogP contribution in [0.3, 0.4) is 0 Å². The van der Waals surface area contributed by atoms with E-state index in [4.69, 9.17) is 4.74 Å². The zero-order valence-corrected chi connectivity index (χ0v) is 12.6. The summed E-state index contributed by atoms with van der Waals surface area (Å²) < 4.78 is 5.26. The molecule has 1 atom stereocenters. The van der Waals surface area contributed by atoms with Gasteiger partial charge in [0.15, 0.2) is 0 Å². The van der Waals surface area contributed by atoms with Gasteiger partial charge in [0.2, 0.25) is 5.91 Å². The van der Waals surface area contributed by atoms with E-state index < -0.39 is 11.6 Å². The lowest BCUT2D eigenvalue weighted by Crippen LogP contribution is -2.44. The van der Waals surface area contributed by atoms with Crippen molar-refractivity contribution in [1.29, 1.82) is 0 Å². The summed E-state index contributed by atoms with van der Waals surface area (Å²) in [5.74, 6) is -0.304. The average Bonchev–Trinajstić information content (AvgIpc) is 2.54. The summed E-state index contributed by atoms with van der Waals surface area (Å²) in [6.07, 6.45) is 6.52. The van der Waals surface area contributed by atoms with Crippen molar-refractivity contribution in [1.82, 2.24) is 5.32 Å². The third kappa shape index (κ3) is 6.08. The molecule has 0 unspecified atom stereocenters. The Bertz CT molecular complexity index is 312. The standard InChI is InChI=1S/C15H27NO3/c1-11(14(18)19-15(2,3)4)16-13(17)12-9-7-5-6-8-10-12/h11-12H,5-10H2,1-4H3,(H,16,17)/t11-/m0/s1. The van der Waals surface area contributed by atoms with E-state index >= 15 is 0 Å². The predicted octanol–water partition coefficient (Wildman–Crippen LogP) is 2.80. The van der Waals surface area contributed by atoms with Crippen molar-refractivity contribution in [3.05, 3.63) is 0 Å². The lowest BCUT2D eigenvalue weighted by atomic mass is 9.99. The normalized spacial score (nSPS) is 19.4. The molecule has 0 aromatic carbocycles. The summed E-state index contributed by atoms with van der Waals surface area (Å²) >= 11 is 0. The molecule has 110 valence electrons. The highest BCUT2D eigenvalue weighted by atomic mass is 16.6. The van der Waals surface area contributed by atoms with Gasteiger partial charge < -0.3 is 10.1 Å². The Morgan fingerprint density at radius 2 is 1.63 bits per heavy atom. The highest BCUT2D eigenvalue weighted by molar-refractivity contribution is 5.85. The van der Waals surface area contributed by atoms with Gasteiger partial charge in [-0.25, -0.2) is 4.79 Å². The van der Waals surface area contributed by atoms with Gasteiger partial charge in [-0.3, -0.25) is 4.79 Å². The van der Waals surface area contributed by atoms with Gasteiger partial charge in [-0.1, -0.05) is 25.7 Å². The Kier molecular flexibility index (Phi) is 5.83. The van der Waals surface area contributed by atoms with E-state index in [0.29, 0.717) is 0 Å². The zero-order chi connectivity index (χ0) is 14.5. The number of rotatable bonds is 3. The Balaban J connectivity index is 2.44. The molecule has 0 heterocycles. The largest absolute Gasteiger partial charge is 0.458 e. The molecule has 0 aromatic rings. The Hall–Kier alpha value is -1.06. The number of carbonyl (C=O) groups excluding carboxylic acids is 2. The maximum Gasteiger partial charge on any atom is 0.328 e. The van der Waals surface area contributed by atoms with Gasteiger partial charge in [0.25, 0.3) is 0 Å². The summed E-state index contributed by atoms with van der Waals surface area (Å²) in [7, 11) is 0. The van der Waals surface area contributed by atoms with E-state index in [9.17, 15) is 9.59 Å². The molecule has 0 spiro atoms. The lowest BCUT2D eigenvalue weighted by molar-refractivity contribution is -0.158. The van der Waals surface area contributed by atoms with Crippen LogP contribution in [0.25, 0.3) is 0 Å². The molecule has 1 fully saturated rings. The first-order valence-electron chi connectivity index (χ1n) is 7.33. The Morgan fingerprint density at radius 3 is 2.11 bits per heavy atom. The topological polar surface area (TPSA) is 55.4 Å². The number of hydrogen-bond donors (Lipinski definition) is 1. The van der Waals surface area contributed by atoms with E-state index in [1.165, 1.54) is 12.8 Å². The fraction of sp³-hybridized carbons (Fsp3) is 0.867. The quantitative estimate of drug-likeness (QED) is 0.633. The van der Waals surface area contributed by atoms with Crippen LogP contribution in [-0.4, -0.2) is 23.5 Å². The van der Waals surface area contributed by atoms with Gasteiger partial charge in [0.05, 0.1) is 0 Å². The molecular formula is C15H27NO3. The molecule has 0 aliphatic heterocycles. The molecular weight excluding hydrogens is 242 g/mol. The second kappa shape index (κ2) is 6.92. The van der Waals surface area contributed by atoms with Crippen LogP contribution in [0.2, 0.25) is 0 Å². The van der Waals surface area contributed by atoms with Crippen LogP contribution >= 0.6 is 0 Å². The van der Waals surface area contributed by atoms with Gasteiger partial charge in [-0.2, -0.15) is 0 Å². The summed E-state index contributed by atoms with van der Waals surface area (Å²) in [5, 5.41) is 2.79. The number of carbonyl (C=O) groups is 2. The van der Waals surface area contributed by atoms with E-state index in [2.05, 4.69) is 5.32 Å². The molecule has 0 aromatic heterocycles. The van der Waals surface area contributed by atoms with Crippen LogP contribution in [0.5, 0.6) is 0 Å². The minimum absolute atomic E-state index is 0.000240. The fourth-order valence-electron chi connectivity index (χ4n) is 2.32. The van der Waals surface area contributed by atoms with Crippen LogP contribution < -0.4 is 5.32 Å². The first-order chi connectivity index (χ1) is 8.79. The van der Waals surface area contributed by atoms with Crippen molar-refractivity contribution < 1.29 is 14.3 Å². The Morgan fingerprint density at radius 1 is 1.11 bits per heavy atom.